The predicted molar refractivity (Wildman–Crippen MR) is 150 cm³/mol. The summed E-state index contributed by atoms with van der Waals surface area (Å²) in [5.74, 6) is -2.57. The number of ether oxygens (including phenoxy) is 1. The van der Waals surface area contributed by atoms with E-state index in [1.54, 1.807) is 12.3 Å². The largest absolute Gasteiger partial charge is 0.379 e. The summed E-state index contributed by atoms with van der Waals surface area (Å²) in [7, 11) is 0. The number of pyridine rings is 2. The van der Waals surface area contributed by atoms with Crippen molar-refractivity contribution in [3.63, 3.8) is 0 Å². The zero-order valence-electron chi connectivity index (χ0n) is 21.8. The van der Waals surface area contributed by atoms with Gasteiger partial charge in [0.25, 0.3) is 5.91 Å². The molecule has 5 rings (SSSR count). The van der Waals surface area contributed by atoms with Gasteiger partial charge in [0.2, 0.25) is 5.91 Å². The van der Waals surface area contributed by atoms with Crippen molar-refractivity contribution in [1.29, 1.82) is 0 Å². The van der Waals surface area contributed by atoms with Gasteiger partial charge in [0.15, 0.2) is 11.6 Å². The fourth-order valence-corrected chi connectivity index (χ4v) is 4.69. The number of benzene rings is 1. The number of primary amides is 2. The monoisotopic (exact) mass is 546 g/mol. The summed E-state index contributed by atoms with van der Waals surface area (Å²) in [5, 5.41) is 6.71. The van der Waals surface area contributed by atoms with Crippen molar-refractivity contribution >= 4 is 40.2 Å². The van der Waals surface area contributed by atoms with E-state index in [0.29, 0.717) is 5.69 Å². The molecule has 208 valence electrons. The zero-order chi connectivity index (χ0) is 28.1. The van der Waals surface area contributed by atoms with Gasteiger partial charge in [-0.2, -0.15) is 0 Å². The van der Waals surface area contributed by atoms with Crippen LogP contribution in [-0.4, -0.2) is 70.1 Å². The maximum Gasteiger partial charge on any atom is 0.252 e. The summed E-state index contributed by atoms with van der Waals surface area (Å²) >= 11 is 0. The van der Waals surface area contributed by atoms with E-state index < -0.39 is 23.7 Å². The molecule has 1 aliphatic heterocycles. The highest BCUT2D eigenvalue weighted by molar-refractivity contribution is 6.00. The molecule has 2 amide bonds. The highest BCUT2D eigenvalue weighted by atomic mass is 19.1. The topological polar surface area (TPSA) is 153 Å². The van der Waals surface area contributed by atoms with Crippen LogP contribution in [0.4, 0.5) is 21.7 Å². The standard InChI is InChI=1S/C28H31FN8O3/c29-21-17-20(24(30)38)26(35-27(21)34-23(25(31)39)16-18-4-2-1-3-5-18)33-22-6-8-32-28-19(22)7-9-37(28)11-10-36-12-14-40-15-13-36/h1-9,17,23H,10-16H2,(H2,30,38)(H2,31,39)(H2,32,33,34,35)/t23-/m1/s1. The van der Waals surface area contributed by atoms with Gasteiger partial charge in [-0.25, -0.2) is 14.4 Å². The van der Waals surface area contributed by atoms with E-state index in [0.717, 1.165) is 62.1 Å². The number of aromatic nitrogens is 3. The molecular formula is C28H31FN8O3. The molecule has 1 saturated heterocycles. The van der Waals surface area contributed by atoms with Crippen molar-refractivity contribution in [3.8, 4) is 0 Å². The first kappa shape index (κ1) is 27.0. The second-order valence-electron chi connectivity index (χ2n) is 9.55. The Morgan fingerprint density at radius 2 is 1.82 bits per heavy atom. The molecule has 0 spiro atoms. The number of carbonyl (C=O) groups is 2. The molecule has 0 unspecified atom stereocenters. The van der Waals surface area contributed by atoms with E-state index >= 15 is 4.39 Å². The summed E-state index contributed by atoms with van der Waals surface area (Å²) in [6.07, 6.45) is 3.82. The van der Waals surface area contributed by atoms with Crippen LogP contribution in [-0.2, 0) is 22.5 Å². The maximum atomic E-state index is 15.0. The number of nitrogens with two attached hydrogens (primary N) is 2. The fraction of sp³-hybridized carbons (Fsp3) is 0.286. The first-order valence-corrected chi connectivity index (χ1v) is 13.0. The number of amides is 2. The molecule has 0 radical (unpaired) electrons. The zero-order valence-corrected chi connectivity index (χ0v) is 21.8. The first-order valence-electron chi connectivity index (χ1n) is 13.0. The van der Waals surface area contributed by atoms with E-state index in [9.17, 15) is 9.59 Å². The molecular weight excluding hydrogens is 515 g/mol. The van der Waals surface area contributed by atoms with Crippen LogP contribution in [0.15, 0.2) is 60.9 Å². The molecule has 4 aromatic rings. The molecule has 12 heteroatoms. The van der Waals surface area contributed by atoms with E-state index in [1.165, 1.54) is 0 Å². The number of morpholine rings is 1. The number of nitrogens with one attached hydrogen (secondary N) is 2. The molecule has 1 aliphatic rings. The lowest BCUT2D eigenvalue weighted by Gasteiger charge is -2.26. The Bertz CT molecular complexity index is 1500. The molecule has 4 heterocycles. The predicted octanol–water partition coefficient (Wildman–Crippen LogP) is 2.25. The van der Waals surface area contributed by atoms with Crippen molar-refractivity contribution in [1.82, 2.24) is 19.4 Å². The first-order chi connectivity index (χ1) is 19.4. The lowest BCUT2D eigenvalue weighted by atomic mass is 10.1. The average molecular weight is 547 g/mol. The minimum absolute atomic E-state index is 0.0351. The molecule has 3 aromatic heterocycles. The molecule has 40 heavy (non-hydrogen) atoms. The number of hydrogen-bond donors (Lipinski definition) is 4. The Balaban J connectivity index is 1.41. The Kier molecular flexibility index (Phi) is 8.18. The number of hydrogen-bond acceptors (Lipinski definition) is 8. The smallest absolute Gasteiger partial charge is 0.252 e. The molecule has 6 N–H and O–H groups in total. The third-order valence-electron chi connectivity index (χ3n) is 6.85. The van der Waals surface area contributed by atoms with Gasteiger partial charge >= 0.3 is 0 Å². The van der Waals surface area contributed by atoms with E-state index in [4.69, 9.17) is 16.2 Å². The normalized spacial score (nSPS) is 14.6. The second kappa shape index (κ2) is 12.1. The number of carbonyl (C=O) groups excluding carboxylic acids is 2. The molecule has 0 bridgehead atoms. The highest BCUT2D eigenvalue weighted by Gasteiger charge is 2.22. The third-order valence-corrected chi connectivity index (χ3v) is 6.85. The van der Waals surface area contributed by atoms with Gasteiger partial charge in [-0.1, -0.05) is 30.3 Å². The van der Waals surface area contributed by atoms with E-state index in [-0.39, 0.29) is 23.6 Å². The highest BCUT2D eigenvalue weighted by Crippen LogP contribution is 2.29. The molecule has 1 aromatic carbocycles. The SMILES string of the molecule is NC(=O)c1cc(F)c(N[C@H](Cc2ccccc2)C(N)=O)nc1Nc1ccnc2c1ccn2CCN1CCOCC1. The van der Waals surface area contributed by atoms with Gasteiger partial charge in [-0.3, -0.25) is 14.5 Å². The van der Waals surface area contributed by atoms with Crippen molar-refractivity contribution in [3.05, 3.63) is 77.9 Å². The minimum Gasteiger partial charge on any atom is -0.379 e. The van der Waals surface area contributed by atoms with Crippen molar-refractivity contribution in [2.24, 2.45) is 11.5 Å². The van der Waals surface area contributed by atoms with Crippen molar-refractivity contribution in [2.45, 2.75) is 19.0 Å². The fourth-order valence-electron chi connectivity index (χ4n) is 4.69. The maximum absolute atomic E-state index is 15.0. The van der Waals surface area contributed by atoms with Crippen LogP contribution in [0, 0.1) is 5.82 Å². The third kappa shape index (κ3) is 6.19. The lowest BCUT2D eigenvalue weighted by Crippen LogP contribution is -2.38. The van der Waals surface area contributed by atoms with Crippen LogP contribution in [0.1, 0.15) is 15.9 Å². The number of fused-ring (bicyclic) bond motifs is 1. The molecule has 0 saturated carbocycles. The van der Waals surface area contributed by atoms with Gasteiger partial charge < -0.3 is 31.4 Å². The van der Waals surface area contributed by atoms with Gasteiger partial charge in [0, 0.05) is 50.4 Å². The van der Waals surface area contributed by atoms with Crippen LogP contribution in [0.2, 0.25) is 0 Å². The Morgan fingerprint density at radius 3 is 2.55 bits per heavy atom. The van der Waals surface area contributed by atoms with E-state index in [1.807, 2.05) is 42.6 Å². The second-order valence-corrected chi connectivity index (χ2v) is 9.55. The Morgan fingerprint density at radius 1 is 1.05 bits per heavy atom. The number of rotatable bonds is 11. The summed E-state index contributed by atoms with van der Waals surface area (Å²) in [6.45, 7) is 4.85. The van der Waals surface area contributed by atoms with Crippen LogP contribution >= 0.6 is 0 Å². The molecule has 11 nitrogen and oxygen atoms in total. The van der Waals surface area contributed by atoms with Gasteiger partial charge in [-0.15, -0.1) is 0 Å². The average Bonchev–Trinajstić information content (AvgIpc) is 3.38. The Labute approximate surface area is 230 Å². The van der Waals surface area contributed by atoms with Crippen LogP contribution in [0.25, 0.3) is 11.0 Å². The quantitative estimate of drug-likeness (QED) is 0.223. The number of halogens is 1. The molecule has 1 fully saturated rings. The number of anilines is 3. The van der Waals surface area contributed by atoms with Crippen LogP contribution < -0.4 is 22.1 Å². The Hall–Kier alpha value is -4.55. The van der Waals surface area contributed by atoms with Gasteiger partial charge in [-0.05, 0) is 23.8 Å². The van der Waals surface area contributed by atoms with Crippen molar-refractivity contribution in [2.75, 3.05) is 43.5 Å². The van der Waals surface area contributed by atoms with E-state index in [2.05, 4.69) is 30.1 Å². The van der Waals surface area contributed by atoms with Crippen LogP contribution in [0.3, 0.4) is 0 Å². The summed E-state index contributed by atoms with van der Waals surface area (Å²) in [4.78, 5) is 35.6. The number of nitrogens with zero attached hydrogens (tertiary/aromatic N) is 4. The van der Waals surface area contributed by atoms with Gasteiger partial charge in [0.1, 0.15) is 17.5 Å². The molecule has 1 atom stereocenters. The van der Waals surface area contributed by atoms with Crippen LogP contribution in [0.5, 0.6) is 0 Å². The van der Waals surface area contributed by atoms with Crippen molar-refractivity contribution < 1.29 is 18.7 Å². The van der Waals surface area contributed by atoms with Gasteiger partial charge in [0.05, 0.1) is 24.5 Å². The minimum atomic E-state index is -0.940. The molecule has 0 aliphatic carbocycles. The summed E-state index contributed by atoms with van der Waals surface area (Å²) in [5.41, 5.74) is 13.2. The summed E-state index contributed by atoms with van der Waals surface area (Å²) in [6, 6.07) is 12.9. The lowest BCUT2D eigenvalue weighted by molar-refractivity contribution is -0.118. The summed E-state index contributed by atoms with van der Waals surface area (Å²) < 4.78 is 22.5.